The Morgan fingerprint density at radius 1 is 0.970 bits per heavy atom. The van der Waals surface area contributed by atoms with Crippen LogP contribution in [0.5, 0.6) is 0 Å². The number of halogens is 1. The van der Waals surface area contributed by atoms with Gasteiger partial charge in [0.25, 0.3) is 5.91 Å². The SMILES string of the molecule is Cc1cc(F)ccc1NC(=O)c1ccc(CN2CCN(Cc3ccccn3)C(=O)C2=O)cc1. The molecule has 8 heteroatoms. The molecule has 1 aliphatic heterocycles. The summed E-state index contributed by atoms with van der Waals surface area (Å²) in [5.41, 5.74) is 3.15. The molecule has 1 aliphatic rings. The van der Waals surface area contributed by atoms with Gasteiger partial charge in [0, 0.05) is 37.1 Å². The van der Waals surface area contributed by atoms with Crippen LogP contribution in [0.2, 0.25) is 0 Å². The molecule has 0 aliphatic carbocycles. The summed E-state index contributed by atoms with van der Waals surface area (Å²) in [6.45, 7) is 3.15. The molecule has 1 N–H and O–H groups in total. The van der Waals surface area contributed by atoms with E-state index >= 15 is 0 Å². The highest BCUT2D eigenvalue weighted by molar-refractivity contribution is 6.35. The van der Waals surface area contributed by atoms with Crippen LogP contribution in [0, 0.1) is 12.7 Å². The van der Waals surface area contributed by atoms with Crippen molar-refractivity contribution in [2.24, 2.45) is 0 Å². The number of carbonyl (C=O) groups excluding carboxylic acids is 3. The van der Waals surface area contributed by atoms with Crippen LogP contribution in [0.1, 0.15) is 27.2 Å². The minimum absolute atomic E-state index is 0.279. The van der Waals surface area contributed by atoms with Crippen molar-refractivity contribution in [1.29, 1.82) is 0 Å². The van der Waals surface area contributed by atoms with Crippen molar-refractivity contribution >= 4 is 23.4 Å². The summed E-state index contributed by atoms with van der Waals surface area (Å²) in [5, 5.41) is 2.77. The molecule has 0 radical (unpaired) electrons. The fraction of sp³-hybridized carbons (Fsp3) is 0.200. The standard InChI is InChI=1S/C25H23FN4O3/c1-17-14-20(26)9-10-22(17)28-23(31)19-7-5-18(6-8-19)15-29-12-13-30(25(33)24(29)32)16-21-4-2-3-11-27-21/h2-11,14H,12-13,15-16H2,1H3,(H,28,31). The molecular weight excluding hydrogens is 423 g/mol. The predicted octanol–water partition coefficient (Wildman–Crippen LogP) is 3.15. The van der Waals surface area contributed by atoms with Crippen LogP contribution in [0.4, 0.5) is 10.1 Å². The Balaban J connectivity index is 1.35. The van der Waals surface area contributed by atoms with Gasteiger partial charge in [0.2, 0.25) is 0 Å². The van der Waals surface area contributed by atoms with Crippen molar-refractivity contribution in [1.82, 2.24) is 14.8 Å². The van der Waals surface area contributed by atoms with Gasteiger partial charge in [-0.3, -0.25) is 19.4 Å². The second kappa shape index (κ2) is 9.60. The number of rotatable bonds is 6. The monoisotopic (exact) mass is 446 g/mol. The number of piperazine rings is 1. The van der Waals surface area contributed by atoms with Gasteiger partial charge in [0.15, 0.2) is 0 Å². The second-order valence-corrected chi connectivity index (χ2v) is 7.88. The summed E-state index contributed by atoms with van der Waals surface area (Å²) in [6.07, 6.45) is 1.66. The second-order valence-electron chi connectivity index (χ2n) is 7.88. The first-order valence-corrected chi connectivity index (χ1v) is 10.6. The summed E-state index contributed by atoms with van der Waals surface area (Å²) < 4.78 is 13.2. The number of nitrogens with zero attached hydrogens (tertiary/aromatic N) is 3. The Bertz CT molecular complexity index is 1180. The average Bonchev–Trinajstić information content (AvgIpc) is 2.82. The summed E-state index contributed by atoms with van der Waals surface area (Å²) >= 11 is 0. The third-order valence-corrected chi connectivity index (χ3v) is 5.50. The van der Waals surface area contributed by atoms with Gasteiger partial charge in [0.05, 0.1) is 12.2 Å². The van der Waals surface area contributed by atoms with Gasteiger partial charge in [-0.2, -0.15) is 0 Å². The van der Waals surface area contributed by atoms with E-state index in [-0.39, 0.29) is 18.3 Å². The molecule has 1 aromatic heterocycles. The third kappa shape index (κ3) is 5.23. The van der Waals surface area contributed by atoms with E-state index < -0.39 is 11.8 Å². The van der Waals surface area contributed by atoms with Crippen LogP contribution in [-0.2, 0) is 22.7 Å². The summed E-state index contributed by atoms with van der Waals surface area (Å²) in [7, 11) is 0. The highest BCUT2D eigenvalue weighted by atomic mass is 19.1. The number of amides is 3. The normalized spacial score (nSPS) is 13.9. The number of anilines is 1. The van der Waals surface area contributed by atoms with Gasteiger partial charge in [-0.05, 0) is 60.5 Å². The Morgan fingerprint density at radius 3 is 2.30 bits per heavy atom. The molecule has 0 unspecified atom stereocenters. The van der Waals surface area contributed by atoms with Crippen molar-refractivity contribution < 1.29 is 18.8 Å². The zero-order valence-corrected chi connectivity index (χ0v) is 18.1. The largest absolute Gasteiger partial charge is 0.328 e. The van der Waals surface area contributed by atoms with E-state index in [0.717, 1.165) is 11.3 Å². The molecule has 0 atom stereocenters. The fourth-order valence-corrected chi connectivity index (χ4v) is 3.65. The number of hydrogen-bond acceptors (Lipinski definition) is 4. The average molecular weight is 446 g/mol. The lowest BCUT2D eigenvalue weighted by Crippen LogP contribution is -2.53. The number of benzene rings is 2. The first-order valence-electron chi connectivity index (χ1n) is 10.6. The molecule has 33 heavy (non-hydrogen) atoms. The molecular formula is C25H23FN4O3. The first kappa shape index (κ1) is 22.1. The van der Waals surface area contributed by atoms with E-state index in [1.165, 1.54) is 28.0 Å². The van der Waals surface area contributed by atoms with E-state index in [0.29, 0.717) is 36.4 Å². The van der Waals surface area contributed by atoms with Crippen molar-refractivity contribution in [3.05, 3.63) is 95.1 Å². The lowest BCUT2D eigenvalue weighted by molar-refractivity contribution is -0.156. The number of carbonyl (C=O) groups is 3. The minimum atomic E-state index is -0.550. The Morgan fingerprint density at radius 2 is 1.67 bits per heavy atom. The Kier molecular flexibility index (Phi) is 6.44. The van der Waals surface area contributed by atoms with Crippen molar-refractivity contribution in [3.8, 4) is 0 Å². The van der Waals surface area contributed by atoms with Crippen LogP contribution in [0.3, 0.4) is 0 Å². The first-order chi connectivity index (χ1) is 15.9. The Labute approximate surface area is 190 Å². The van der Waals surface area contributed by atoms with Gasteiger partial charge in [-0.15, -0.1) is 0 Å². The zero-order chi connectivity index (χ0) is 23.4. The van der Waals surface area contributed by atoms with E-state index in [2.05, 4.69) is 10.3 Å². The van der Waals surface area contributed by atoms with Gasteiger partial charge in [0.1, 0.15) is 5.82 Å². The predicted molar refractivity (Wildman–Crippen MR) is 121 cm³/mol. The van der Waals surface area contributed by atoms with Crippen LogP contribution >= 0.6 is 0 Å². The Hall–Kier alpha value is -4.07. The van der Waals surface area contributed by atoms with Crippen molar-refractivity contribution in [2.75, 3.05) is 18.4 Å². The number of nitrogens with one attached hydrogen (secondary N) is 1. The van der Waals surface area contributed by atoms with E-state index in [4.69, 9.17) is 0 Å². The van der Waals surface area contributed by atoms with E-state index in [1.54, 1.807) is 43.5 Å². The van der Waals surface area contributed by atoms with Crippen LogP contribution in [0.15, 0.2) is 66.9 Å². The third-order valence-electron chi connectivity index (χ3n) is 5.50. The molecule has 7 nitrogen and oxygen atoms in total. The molecule has 4 rings (SSSR count). The van der Waals surface area contributed by atoms with E-state index in [9.17, 15) is 18.8 Å². The zero-order valence-electron chi connectivity index (χ0n) is 18.1. The number of hydrogen-bond donors (Lipinski definition) is 1. The minimum Gasteiger partial charge on any atom is -0.328 e. The van der Waals surface area contributed by atoms with Gasteiger partial charge in [-0.25, -0.2) is 4.39 Å². The molecule has 0 bridgehead atoms. The number of aromatic nitrogens is 1. The highest BCUT2D eigenvalue weighted by Crippen LogP contribution is 2.18. The molecule has 1 fully saturated rings. The van der Waals surface area contributed by atoms with Crippen LogP contribution in [0.25, 0.3) is 0 Å². The molecule has 2 aromatic carbocycles. The summed E-state index contributed by atoms with van der Waals surface area (Å²) in [4.78, 5) is 44.8. The summed E-state index contributed by atoms with van der Waals surface area (Å²) in [5.74, 6) is -1.77. The molecule has 2 heterocycles. The highest BCUT2D eigenvalue weighted by Gasteiger charge is 2.32. The van der Waals surface area contributed by atoms with Gasteiger partial charge >= 0.3 is 11.8 Å². The molecule has 168 valence electrons. The molecule has 0 saturated carbocycles. The van der Waals surface area contributed by atoms with Gasteiger partial charge in [-0.1, -0.05) is 18.2 Å². The molecule has 1 saturated heterocycles. The maximum absolute atomic E-state index is 13.2. The molecule has 3 aromatic rings. The lowest BCUT2D eigenvalue weighted by atomic mass is 10.1. The molecule has 3 amide bonds. The van der Waals surface area contributed by atoms with Crippen LogP contribution in [-0.4, -0.2) is 45.6 Å². The summed E-state index contributed by atoms with van der Waals surface area (Å²) in [6, 6.07) is 16.5. The molecule has 0 spiro atoms. The fourth-order valence-electron chi connectivity index (χ4n) is 3.65. The van der Waals surface area contributed by atoms with Gasteiger partial charge < -0.3 is 15.1 Å². The van der Waals surface area contributed by atoms with Crippen LogP contribution < -0.4 is 5.32 Å². The smallest absolute Gasteiger partial charge is 0.312 e. The van der Waals surface area contributed by atoms with E-state index in [1.807, 2.05) is 12.1 Å². The number of aryl methyl sites for hydroxylation is 1. The van der Waals surface area contributed by atoms with Crippen molar-refractivity contribution in [3.63, 3.8) is 0 Å². The topological polar surface area (TPSA) is 82.6 Å². The van der Waals surface area contributed by atoms with Crippen molar-refractivity contribution in [2.45, 2.75) is 20.0 Å². The maximum atomic E-state index is 13.2. The quantitative estimate of drug-likeness (QED) is 0.590. The number of pyridine rings is 1. The lowest BCUT2D eigenvalue weighted by Gasteiger charge is -2.33. The maximum Gasteiger partial charge on any atom is 0.312 e.